The first kappa shape index (κ1) is 12.9. The van der Waals surface area contributed by atoms with E-state index in [1.165, 1.54) is 5.56 Å². The second kappa shape index (κ2) is 8.07. The summed E-state index contributed by atoms with van der Waals surface area (Å²) in [5.41, 5.74) is 1.19. The summed E-state index contributed by atoms with van der Waals surface area (Å²) in [5.74, 6) is 0.484. The minimum atomic E-state index is 0.484. The van der Waals surface area contributed by atoms with E-state index >= 15 is 0 Å². The zero-order chi connectivity index (χ0) is 12.3. The summed E-state index contributed by atoms with van der Waals surface area (Å²) < 4.78 is 0. The van der Waals surface area contributed by atoms with Crippen LogP contribution in [0.5, 0.6) is 0 Å². The highest BCUT2D eigenvalue weighted by molar-refractivity contribution is 5.80. The lowest BCUT2D eigenvalue weighted by molar-refractivity contribution is 0.668. The SMILES string of the molecule is CN=C(NC#N)NCCNCc1ccncc1. The predicted molar refractivity (Wildman–Crippen MR) is 66.1 cm³/mol. The van der Waals surface area contributed by atoms with E-state index in [0.29, 0.717) is 12.5 Å². The quantitative estimate of drug-likeness (QED) is 0.215. The van der Waals surface area contributed by atoms with Gasteiger partial charge in [0.15, 0.2) is 6.19 Å². The Bertz CT molecular complexity index is 381. The number of nitrogens with zero attached hydrogens (tertiary/aromatic N) is 3. The third-order valence-corrected chi connectivity index (χ3v) is 2.07. The first-order valence-corrected chi connectivity index (χ1v) is 5.32. The molecule has 0 radical (unpaired) electrons. The number of aliphatic imine (C=N–C) groups is 1. The highest BCUT2D eigenvalue weighted by atomic mass is 15.2. The fourth-order valence-electron chi connectivity index (χ4n) is 1.23. The van der Waals surface area contributed by atoms with Gasteiger partial charge in [-0.15, -0.1) is 0 Å². The molecule has 0 aromatic carbocycles. The Morgan fingerprint density at radius 3 is 2.82 bits per heavy atom. The van der Waals surface area contributed by atoms with Crippen LogP contribution in [0, 0.1) is 11.5 Å². The van der Waals surface area contributed by atoms with Gasteiger partial charge in [0.2, 0.25) is 5.96 Å². The molecule has 90 valence electrons. The summed E-state index contributed by atoms with van der Waals surface area (Å²) in [6.07, 6.45) is 5.36. The van der Waals surface area contributed by atoms with E-state index in [1.807, 2.05) is 18.3 Å². The molecule has 6 nitrogen and oxygen atoms in total. The normalized spacial score (nSPS) is 10.7. The number of nitriles is 1. The van der Waals surface area contributed by atoms with Crippen molar-refractivity contribution in [2.24, 2.45) is 4.99 Å². The molecule has 0 bridgehead atoms. The summed E-state index contributed by atoms with van der Waals surface area (Å²) in [4.78, 5) is 7.82. The van der Waals surface area contributed by atoms with Crippen molar-refractivity contribution >= 4 is 5.96 Å². The maximum atomic E-state index is 8.42. The van der Waals surface area contributed by atoms with Crippen molar-refractivity contribution in [2.75, 3.05) is 20.1 Å². The molecule has 1 aromatic rings. The smallest absolute Gasteiger partial charge is 0.204 e. The van der Waals surface area contributed by atoms with Crippen LogP contribution in [0.2, 0.25) is 0 Å². The summed E-state index contributed by atoms with van der Waals surface area (Å²) in [5, 5.41) is 17.1. The zero-order valence-corrected chi connectivity index (χ0v) is 9.77. The molecule has 0 saturated heterocycles. The molecule has 6 heteroatoms. The van der Waals surface area contributed by atoms with Gasteiger partial charge in [-0.05, 0) is 17.7 Å². The molecular weight excluding hydrogens is 216 g/mol. The number of pyridine rings is 1. The van der Waals surface area contributed by atoms with Crippen molar-refractivity contribution in [3.63, 3.8) is 0 Å². The number of rotatable bonds is 5. The summed E-state index contributed by atoms with van der Waals surface area (Å²) >= 11 is 0. The standard InChI is InChI=1S/C11H16N6/c1-13-11(17-9-12)16-7-6-15-8-10-2-4-14-5-3-10/h2-5,15H,6-8H2,1H3,(H2,13,16,17). The van der Waals surface area contributed by atoms with Crippen LogP contribution in [0.15, 0.2) is 29.5 Å². The fourth-order valence-corrected chi connectivity index (χ4v) is 1.23. The maximum absolute atomic E-state index is 8.42. The predicted octanol–water partition coefficient (Wildman–Crippen LogP) is -0.183. The Kier molecular flexibility index (Phi) is 6.14. The Balaban J connectivity index is 2.11. The molecule has 3 N–H and O–H groups in total. The van der Waals surface area contributed by atoms with Crippen molar-refractivity contribution in [3.05, 3.63) is 30.1 Å². The highest BCUT2D eigenvalue weighted by Crippen LogP contribution is 1.93. The zero-order valence-electron chi connectivity index (χ0n) is 9.77. The lowest BCUT2D eigenvalue weighted by atomic mass is 10.3. The summed E-state index contributed by atoms with van der Waals surface area (Å²) in [7, 11) is 1.62. The van der Waals surface area contributed by atoms with Crippen LogP contribution in [-0.2, 0) is 6.54 Å². The third kappa shape index (κ3) is 5.49. The van der Waals surface area contributed by atoms with Crippen LogP contribution in [-0.4, -0.2) is 31.1 Å². The number of hydrogen-bond acceptors (Lipinski definition) is 4. The molecule has 0 unspecified atom stereocenters. The average molecular weight is 232 g/mol. The molecule has 0 aliphatic carbocycles. The van der Waals surface area contributed by atoms with E-state index < -0.39 is 0 Å². The molecule has 0 atom stereocenters. The average Bonchev–Trinajstić information content (AvgIpc) is 2.38. The maximum Gasteiger partial charge on any atom is 0.204 e. The van der Waals surface area contributed by atoms with Crippen molar-refractivity contribution in [1.82, 2.24) is 20.9 Å². The van der Waals surface area contributed by atoms with Gasteiger partial charge < -0.3 is 10.6 Å². The monoisotopic (exact) mass is 232 g/mol. The van der Waals surface area contributed by atoms with Crippen LogP contribution in [0.4, 0.5) is 0 Å². The minimum Gasteiger partial charge on any atom is -0.354 e. The molecule has 1 rings (SSSR count). The molecule has 0 fully saturated rings. The molecule has 1 heterocycles. The number of nitrogens with one attached hydrogen (secondary N) is 3. The van der Waals surface area contributed by atoms with Crippen LogP contribution < -0.4 is 16.0 Å². The van der Waals surface area contributed by atoms with Crippen molar-refractivity contribution in [3.8, 4) is 6.19 Å². The topological polar surface area (TPSA) is 85.1 Å². The Morgan fingerprint density at radius 2 is 2.18 bits per heavy atom. The molecule has 0 aliphatic heterocycles. The van der Waals surface area contributed by atoms with Crippen molar-refractivity contribution in [1.29, 1.82) is 5.26 Å². The Morgan fingerprint density at radius 1 is 1.41 bits per heavy atom. The Hall–Kier alpha value is -2.13. The molecule has 1 aromatic heterocycles. The van der Waals surface area contributed by atoms with Gasteiger partial charge in [0.1, 0.15) is 0 Å². The van der Waals surface area contributed by atoms with E-state index in [1.54, 1.807) is 19.4 Å². The third-order valence-electron chi connectivity index (χ3n) is 2.07. The fraction of sp³-hybridized carbons (Fsp3) is 0.364. The van der Waals surface area contributed by atoms with Gasteiger partial charge in [-0.1, -0.05) is 0 Å². The second-order valence-corrected chi connectivity index (χ2v) is 3.27. The number of hydrogen-bond donors (Lipinski definition) is 3. The molecule has 0 amide bonds. The van der Waals surface area contributed by atoms with Crippen LogP contribution >= 0.6 is 0 Å². The van der Waals surface area contributed by atoms with E-state index in [2.05, 4.69) is 25.9 Å². The lowest BCUT2D eigenvalue weighted by Gasteiger charge is -2.08. The summed E-state index contributed by atoms with van der Waals surface area (Å²) in [6.45, 7) is 2.29. The van der Waals surface area contributed by atoms with Gasteiger partial charge in [-0.25, -0.2) is 0 Å². The van der Waals surface area contributed by atoms with E-state index in [-0.39, 0.29) is 0 Å². The van der Waals surface area contributed by atoms with Crippen LogP contribution in [0.3, 0.4) is 0 Å². The van der Waals surface area contributed by atoms with Crippen molar-refractivity contribution < 1.29 is 0 Å². The first-order chi connectivity index (χ1) is 8.36. The minimum absolute atomic E-state index is 0.484. The molecular formula is C11H16N6. The molecule has 0 aliphatic rings. The second-order valence-electron chi connectivity index (χ2n) is 3.27. The van der Waals surface area contributed by atoms with E-state index in [0.717, 1.165) is 13.1 Å². The van der Waals surface area contributed by atoms with Gasteiger partial charge in [0.25, 0.3) is 0 Å². The van der Waals surface area contributed by atoms with Crippen LogP contribution in [0.1, 0.15) is 5.56 Å². The van der Waals surface area contributed by atoms with E-state index in [4.69, 9.17) is 5.26 Å². The number of aromatic nitrogens is 1. The first-order valence-electron chi connectivity index (χ1n) is 5.32. The van der Waals surface area contributed by atoms with Crippen molar-refractivity contribution in [2.45, 2.75) is 6.54 Å². The molecule has 17 heavy (non-hydrogen) atoms. The molecule has 0 spiro atoms. The van der Waals surface area contributed by atoms with Gasteiger partial charge in [-0.3, -0.25) is 15.3 Å². The molecule has 0 saturated carbocycles. The van der Waals surface area contributed by atoms with Gasteiger partial charge in [0, 0.05) is 39.1 Å². The van der Waals surface area contributed by atoms with Gasteiger partial charge >= 0.3 is 0 Å². The van der Waals surface area contributed by atoms with Crippen LogP contribution in [0.25, 0.3) is 0 Å². The number of guanidine groups is 1. The summed E-state index contributed by atoms with van der Waals surface area (Å²) in [6, 6.07) is 3.94. The van der Waals surface area contributed by atoms with Gasteiger partial charge in [0.05, 0.1) is 0 Å². The lowest BCUT2D eigenvalue weighted by Crippen LogP contribution is -2.38. The highest BCUT2D eigenvalue weighted by Gasteiger charge is 1.94. The largest absolute Gasteiger partial charge is 0.354 e. The van der Waals surface area contributed by atoms with E-state index in [9.17, 15) is 0 Å². The van der Waals surface area contributed by atoms with Gasteiger partial charge in [-0.2, -0.15) is 5.26 Å². The Labute approximate surface area is 101 Å².